The normalized spacial score (nSPS) is 22.5. The number of hydrogen-bond donors (Lipinski definition) is 6. The van der Waals surface area contributed by atoms with Crippen LogP contribution in [0.4, 0.5) is 0 Å². The van der Waals surface area contributed by atoms with Crippen LogP contribution in [0.2, 0.25) is 0 Å². The van der Waals surface area contributed by atoms with E-state index < -0.39 is 0 Å². The molecule has 46 heavy (non-hydrogen) atoms. The monoisotopic (exact) mass is 612 g/mol. The number of nitrogens with one attached hydrogen (secondary N) is 6. The highest BCUT2D eigenvalue weighted by Crippen LogP contribution is 2.36. The lowest BCUT2D eigenvalue weighted by Gasteiger charge is -2.34. The molecule has 1 saturated heterocycles. The molecule has 0 atom stereocenters. The molecule has 6 heteroatoms. The Morgan fingerprint density at radius 3 is 1.54 bits per heavy atom. The quantitative estimate of drug-likeness (QED) is 0.140. The average Bonchev–Trinajstić information content (AvgIpc) is 3.08. The minimum absolute atomic E-state index is 0.0716. The molecule has 0 spiro atoms. The zero-order valence-corrected chi connectivity index (χ0v) is 27.3. The molecule has 0 radical (unpaired) electrons. The van der Waals surface area contributed by atoms with Gasteiger partial charge in [0.15, 0.2) is 0 Å². The Morgan fingerprint density at radius 2 is 0.913 bits per heavy atom. The van der Waals surface area contributed by atoms with Gasteiger partial charge < -0.3 is 31.9 Å². The molecule has 1 aliphatic rings. The van der Waals surface area contributed by atoms with E-state index in [4.69, 9.17) is 0 Å². The second-order valence-electron chi connectivity index (χ2n) is 13.8. The average molecular weight is 613 g/mol. The first-order valence-corrected chi connectivity index (χ1v) is 17.0. The first-order chi connectivity index (χ1) is 22.5. The molecule has 0 bridgehead atoms. The summed E-state index contributed by atoms with van der Waals surface area (Å²) >= 11 is 0. The summed E-state index contributed by atoms with van der Waals surface area (Å²) in [4.78, 5) is 0. The summed E-state index contributed by atoms with van der Waals surface area (Å²) in [5, 5.41) is 33.5. The Bertz CT molecular complexity index is 1880. The zero-order valence-electron chi connectivity index (χ0n) is 27.3. The first-order valence-electron chi connectivity index (χ1n) is 17.0. The van der Waals surface area contributed by atoms with Crippen molar-refractivity contribution in [2.45, 2.75) is 38.0 Å². The first kappa shape index (κ1) is 31.0. The predicted molar refractivity (Wildman–Crippen MR) is 196 cm³/mol. The molecular weight excluding hydrogens is 564 g/mol. The molecule has 7 rings (SSSR count). The third-order valence-corrected chi connectivity index (χ3v) is 9.93. The molecule has 238 valence electrons. The van der Waals surface area contributed by atoms with Gasteiger partial charge in [-0.25, -0.2) is 0 Å². The maximum atomic E-state index is 3.95. The molecule has 1 heterocycles. The van der Waals surface area contributed by atoms with Crippen molar-refractivity contribution in [2.24, 2.45) is 0 Å². The molecule has 6 N–H and O–H groups in total. The SMILES string of the molecule is CC1(NCc2cccc3ccccc23)CNCCNCC(C)(NCc2ccc3ccc4cccc5ccc2c3c45)CNCCNC1. The van der Waals surface area contributed by atoms with Gasteiger partial charge in [0.2, 0.25) is 0 Å². The predicted octanol–water partition coefficient (Wildman–Crippen LogP) is 5.51. The topological polar surface area (TPSA) is 72.2 Å². The number of fused-ring (bicyclic) bond motifs is 1. The van der Waals surface area contributed by atoms with Crippen molar-refractivity contribution in [1.82, 2.24) is 31.9 Å². The molecule has 0 saturated carbocycles. The lowest BCUT2D eigenvalue weighted by Crippen LogP contribution is -2.59. The fraction of sp³-hybridized carbons (Fsp3) is 0.350. The van der Waals surface area contributed by atoms with Gasteiger partial charge >= 0.3 is 0 Å². The Labute approximate surface area is 273 Å². The molecule has 0 unspecified atom stereocenters. The van der Waals surface area contributed by atoms with Gasteiger partial charge in [-0.05, 0) is 68.1 Å². The van der Waals surface area contributed by atoms with Crippen molar-refractivity contribution in [1.29, 1.82) is 0 Å². The summed E-state index contributed by atoms with van der Waals surface area (Å²) in [6.45, 7) is 13.6. The summed E-state index contributed by atoms with van der Waals surface area (Å²) in [5.74, 6) is 0. The van der Waals surface area contributed by atoms with Crippen LogP contribution in [0.3, 0.4) is 0 Å². The maximum absolute atomic E-state index is 3.95. The summed E-state index contributed by atoms with van der Waals surface area (Å²) in [6, 6.07) is 35.6. The summed E-state index contributed by atoms with van der Waals surface area (Å²) < 4.78 is 0. The van der Waals surface area contributed by atoms with E-state index in [0.29, 0.717) is 0 Å². The van der Waals surface area contributed by atoms with E-state index in [1.54, 1.807) is 0 Å². The number of hydrogen-bond acceptors (Lipinski definition) is 6. The second-order valence-corrected chi connectivity index (χ2v) is 13.8. The third-order valence-electron chi connectivity index (χ3n) is 9.93. The second kappa shape index (κ2) is 13.6. The standard InChI is InChI=1S/C40H48N6/c1-39(45-23-33-11-5-8-29-7-3-4-12-35(29)33)25-41-19-21-43-27-40(2,28-44-22-20-42-26-39)46-24-34-16-15-32-14-13-30-9-6-10-31-17-18-36(34)38(32)37(30)31/h3-18,41-46H,19-28H2,1-2H3. The molecule has 1 aliphatic heterocycles. The van der Waals surface area contributed by atoms with Gasteiger partial charge in [0.05, 0.1) is 0 Å². The highest BCUT2D eigenvalue weighted by atomic mass is 15.1. The lowest BCUT2D eigenvalue weighted by molar-refractivity contribution is 0.296. The van der Waals surface area contributed by atoms with Gasteiger partial charge in [0.1, 0.15) is 0 Å². The molecule has 0 amide bonds. The summed E-state index contributed by atoms with van der Waals surface area (Å²) in [6.07, 6.45) is 0. The number of rotatable bonds is 6. The van der Waals surface area contributed by atoms with Crippen molar-refractivity contribution >= 4 is 43.1 Å². The van der Waals surface area contributed by atoms with Gasteiger partial charge in [-0.3, -0.25) is 0 Å². The van der Waals surface area contributed by atoms with E-state index >= 15 is 0 Å². The summed E-state index contributed by atoms with van der Waals surface area (Å²) in [5.41, 5.74) is 2.53. The van der Waals surface area contributed by atoms with Crippen LogP contribution in [-0.4, -0.2) is 63.4 Å². The third kappa shape index (κ3) is 6.74. The Kier molecular flexibility index (Phi) is 9.18. The van der Waals surface area contributed by atoms with Crippen LogP contribution < -0.4 is 31.9 Å². The fourth-order valence-corrected chi connectivity index (χ4v) is 7.20. The molecular formula is C40H48N6. The molecule has 6 nitrogen and oxygen atoms in total. The van der Waals surface area contributed by atoms with Gasteiger partial charge in [-0.1, -0.05) is 97.1 Å². The molecule has 6 aromatic carbocycles. The van der Waals surface area contributed by atoms with E-state index in [0.717, 1.165) is 65.4 Å². The minimum Gasteiger partial charge on any atom is -0.314 e. The summed E-state index contributed by atoms with van der Waals surface area (Å²) in [7, 11) is 0. The molecule has 0 aliphatic carbocycles. The fourth-order valence-electron chi connectivity index (χ4n) is 7.20. The van der Waals surface area contributed by atoms with Crippen molar-refractivity contribution in [3.8, 4) is 0 Å². The minimum atomic E-state index is -0.0946. The van der Waals surface area contributed by atoms with Crippen LogP contribution in [-0.2, 0) is 13.1 Å². The Hall–Kier alpha value is -3.62. The van der Waals surface area contributed by atoms with Crippen LogP contribution in [0.15, 0.2) is 97.1 Å². The smallest absolute Gasteiger partial charge is 0.0406 e. The van der Waals surface area contributed by atoms with Crippen LogP contribution >= 0.6 is 0 Å². The van der Waals surface area contributed by atoms with Crippen molar-refractivity contribution < 1.29 is 0 Å². The molecule has 0 aromatic heterocycles. The maximum Gasteiger partial charge on any atom is 0.0406 e. The molecule has 6 aromatic rings. The van der Waals surface area contributed by atoms with E-state index in [1.165, 1.54) is 54.2 Å². The van der Waals surface area contributed by atoms with Crippen LogP contribution in [0.5, 0.6) is 0 Å². The Morgan fingerprint density at radius 1 is 0.457 bits per heavy atom. The number of benzene rings is 6. The highest BCUT2D eigenvalue weighted by molar-refractivity contribution is 6.23. The van der Waals surface area contributed by atoms with Crippen molar-refractivity contribution in [2.75, 3.05) is 52.4 Å². The van der Waals surface area contributed by atoms with Gasteiger partial charge in [-0.2, -0.15) is 0 Å². The van der Waals surface area contributed by atoms with Crippen LogP contribution in [0, 0.1) is 0 Å². The van der Waals surface area contributed by atoms with Crippen molar-refractivity contribution in [3.05, 3.63) is 108 Å². The van der Waals surface area contributed by atoms with Crippen LogP contribution in [0.25, 0.3) is 43.1 Å². The highest BCUT2D eigenvalue weighted by Gasteiger charge is 2.26. The zero-order chi connectivity index (χ0) is 31.4. The van der Waals surface area contributed by atoms with Crippen LogP contribution in [0.1, 0.15) is 25.0 Å². The lowest BCUT2D eigenvalue weighted by atomic mass is 9.91. The van der Waals surface area contributed by atoms with Gasteiger partial charge in [-0.15, -0.1) is 0 Å². The van der Waals surface area contributed by atoms with Gasteiger partial charge in [0.25, 0.3) is 0 Å². The van der Waals surface area contributed by atoms with Crippen molar-refractivity contribution in [3.63, 3.8) is 0 Å². The van der Waals surface area contributed by atoms with Gasteiger partial charge in [0, 0.05) is 76.5 Å². The Balaban J connectivity index is 0.978. The van der Waals surface area contributed by atoms with E-state index in [-0.39, 0.29) is 11.1 Å². The largest absolute Gasteiger partial charge is 0.314 e. The van der Waals surface area contributed by atoms with E-state index in [2.05, 4.69) is 143 Å². The van der Waals surface area contributed by atoms with E-state index in [1.807, 2.05) is 0 Å². The van der Waals surface area contributed by atoms with E-state index in [9.17, 15) is 0 Å². The molecule has 1 fully saturated rings.